The van der Waals surface area contributed by atoms with Crippen molar-refractivity contribution in [2.45, 2.75) is 6.18 Å². The first-order chi connectivity index (χ1) is 15.6. The van der Waals surface area contributed by atoms with E-state index in [0.717, 1.165) is 11.0 Å². The number of halogens is 3. The maximum absolute atomic E-state index is 12.9. The van der Waals surface area contributed by atoms with Gasteiger partial charge >= 0.3 is 17.7 Å². The second-order valence-corrected chi connectivity index (χ2v) is 6.96. The fourth-order valence-corrected chi connectivity index (χ4v) is 3.28. The average Bonchev–Trinajstić information content (AvgIpc) is 3.43. The molecule has 0 atom stereocenters. The molecule has 0 radical (unpaired) electrons. The van der Waals surface area contributed by atoms with E-state index in [9.17, 15) is 28.1 Å². The predicted octanol–water partition coefficient (Wildman–Crippen LogP) is 2.48. The molecule has 0 aliphatic carbocycles. The molecule has 4 heterocycles. The molecule has 33 heavy (non-hydrogen) atoms. The summed E-state index contributed by atoms with van der Waals surface area (Å²) >= 11 is 0. The molecule has 0 N–H and O–H groups in total. The Kier molecular flexibility index (Phi) is 5.61. The van der Waals surface area contributed by atoms with Gasteiger partial charge in [-0.2, -0.15) is 23.3 Å². The molecular formula is C18H16F3N7O5. The topological polar surface area (TPSA) is 133 Å². The average molecular weight is 467 g/mol. The number of carbonyl (C=O) groups is 1. The van der Waals surface area contributed by atoms with Crippen LogP contribution in [0.5, 0.6) is 11.8 Å². The Labute approximate surface area is 183 Å². The number of alkyl halides is 3. The largest absolute Gasteiger partial charge is 0.459 e. The van der Waals surface area contributed by atoms with Crippen molar-refractivity contribution >= 4 is 17.4 Å². The maximum atomic E-state index is 12.9. The van der Waals surface area contributed by atoms with E-state index in [4.69, 9.17) is 9.15 Å². The van der Waals surface area contributed by atoms with Crippen molar-refractivity contribution in [3.63, 3.8) is 0 Å². The molecule has 3 aromatic heterocycles. The highest BCUT2D eigenvalue weighted by molar-refractivity contribution is 5.91. The minimum Gasteiger partial charge on any atom is -0.459 e. The molecule has 0 bridgehead atoms. The Morgan fingerprint density at radius 2 is 1.97 bits per heavy atom. The normalized spacial score (nSPS) is 14.4. The number of piperazine rings is 1. The van der Waals surface area contributed by atoms with Crippen molar-refractivity contribution in [3.8, 4) is 11.8 Å². The second kappa shape index (κ2) is 8.40. The molecular weight excluding hydrogens is 451 g/mol. The third kappa shape index (κ3) is 4.42. The van der Waals surface area contributed by atoms with Crippen molar-refractivity contribution in [1.82, 2.24) is 24.6 Å². The summed E-state index contributed by atoms with van der Waals surface area (Å²) in [6.07, 6.45) is -2.32. The number of hydrogen-bond donors (Lipinski definition) is 0. The lowest BCUT2D eigenvalue weighted by molar-refractivity contribution is -0.385. The first-order valence-electron chi connectivity index (χ1n) is 9.51. The number of anilines is 1. The van der Waals surface area contributed by atoms with Crippen molar-refractivity contribution < 1.29 is 32.0 Å². The molecule has 12 nitrogen and oxygen atoms in total. The predicted molar refractivity (Wildman–Crippen MR) is 104 cm³/mol. The summed E-state index contributed by atoms with van der Waals surface area (Å²) < 4.78 is 49.9. The number of carbonyl (C=O) groups excluding carboxylic acids is 1. The van der Waals surface area contributed by atoms with Crippen LogP contribution in [-0.2, 0) is 13.2 Å². The van der Waals surface area contributed by atoms with Crippen molar-refractivity contribution in [3.05, 3.63) is 52.4 Å². The number of furan rings is 1. The smallest absolute Gasteiger partial charge is 0.435 e. The molecule has 15 heteroatoms. The highest BCUT2D eigenvalue weighted by Gasteiger charge is 2.36. The third-order valence-corrected chi connectivity index (χ3v) is 4.88. The molecule has 1 amide bonds. The number of rotatable bonds is 5. The van der Waals surface area contributed by atoms with Gasteiger partial charge in [0.1, 0.15) is 6.33 Å². The zero-order chi connectivity index (χ0) is 23.8. The van der Waals surface area contributed by atoms with Crippen LogP contribution in [0.1, 0.15) is 16.2 Å². The van der Waals surface area contributed by atoms with Crippen LogP contribution >= 0.6 is 0 Å². The first kappa shape index (κ1) is 22.0. The summed E-state index contributed by atoms with van der Waals surface area (Å²) in [5.74, 6) is -1.12. The summed E-state index contributed by atoms with van der Waals surface area (Å²) in [5, 5.41) is 15.1. The standard InChI is InChI=1S/C18H16F3N7O5/c1-25-13(9-12(24-25)18(19,20)21)33-16-14(28(30)31)15(22-10-23-16)26-4-6-27(7-5-26)17(29)11-3-2-8-32-11/h2-3,8-10H,4-7H2,1H3. The molecule has 174 valence electrons. The molecule has 3 aromatic rings. The summed E-state index contributed by atoms with van der Waals surface area (Å²) in [6.45, 7) is 0.919. The van der Waals surface area contributed by atoms with Gasteiger partial charge in [-0.05, 0) is 12.1 Å². The van der Waals surface area contributed by atoms with E-state index in [1.807, 2.05) is 0 Å². The Hall–Kier alpha value is -4.17. The number of nitro groups is 1. The van der Waals surface area contributed by atoms with Crippen molar-refractivity contribution in [2.75, 3.05) is 31.1 Å². The summed E-state index contributed by atoms with van der Waals surface area (Å²) in [7, 11) is 1.20. The van der Waals surface area contributed by atoms with Crippen molar-refractivity contribution in [2.24, 2.45) is 7.05 Å². The lowest BCUT2D eigenvalue weighted by Gasteiger charge is -2.34. The molecule has 0 saturated carbocycles. The van der Waals surface area contributed by atoms with Crippen LogP contribution in [0.15, 0.2) is 35.2 Å². The number of aryl methyl sites for hydroxylation is 1. The molecule has 1 aliphatic heterocycles. The minimum absolute atomic E-state index is 0.0756. The molecule has 1 saturated heterocycles. The lowest BCUT2D eigenvalue weighted by atomic mass is 10.2. The van der Waals surface area contributed by atoms with Crippen LogP contribution in [0.4, 0.5) is 24.7 Å². The van der Waals surface area contributed by atoms with Gasteiger partial charge in [0.2, 0.25) is 11.7 Å². The van der Waals surface area contributed by atoms with E-state index in [0.29, 0.717) is 6.07 Å². The summed E-state index contributed by atoms with van der Waals surface area (Å²) in [5.41, 5.74) is -1.83. The number of aromatic nitrogens is 4. The van der Waals surface area contributed by atoms with E-state index < -0.39 is 28.4 Å². The number of amides is 1. The van der Waals surface area contributed by atoms with Gasteiger partial charge in [-0.1, -0.05) is 0 Å². The van der Waals surface area contributed by atoms with E-state index in [-0.39, 0.29) is 49.5 Å². The van der Waals surface area contributed by atoms with Crippen LogP contribution in [0.2, 0.25) is 0 Å². The fourth-order valence-electron chi connectivity index (χ4n) is 3.28. The second-order valence-electron chi connectivity index (χ2n) is 6.96. The first-order valence-corrected chi connectivity index (χ1v) is 9.51. The number of nitrogens with zero attached hydrogens (tertiary/aromatic N) is 7. The molecule has 0 spiro atoms. The summed E-state index contributed by atoms with van der Waals surface area (Å²) in [6, 6.07) is 3.75. The maximum Gasteiger partial charge on any atom is 0.435 e. The van der Waals surface area contributed by atoms with Gasteiger partial charge in [0.25, 0.3) is 5.91 Å². The Bertz CT molecular complexity index is 1170. The van der Waals surface area contributed by atoms with Gasteiger partial charge in [0, 0.05) is 39.3 Å². The van der Waals surface area contributed by atoms with Gasteiger partial charge in [0.05, 0.1) is 11.2 Å². The van der Waals surface area contributed by atoms with Gasteiger partial charge in [0.15, 0.2) is 11.5 Å². The van der Waals surface area contributed by atoms with Crippen LogP contribution in [-0.4, -0.2) is 61.7 Å². The Balaban J connectivity index is 1.56. The molecule has 4 rings (SSSR count). The van der Waals surface area contributed by atoms with E-state index in [1.54, 1.807) is 11.0 Å². The quantitative estimate of drug-likeness (QED) is 0.410. The minimum atomic E-state index is -4.71. The number of ether oxygens (including phenoxy) is 1. The zero-order valence-corrected chi connectivity index (χ0v) is 17.0. The SMILES string of the molecule is Cn1nc(C(F)(F)F)cc1Oc1ncnc(N2CCN(C(=O)c3ccco3)CC2)c1[N+](=O)[O-]. The van der Waals surface area contributed by atoms with Crippen LogP contribution in [0.25, 0.3) is 0 Å². The lowest BCUT2D eigenvalue weighted by Crippen LogP contribution is -2.49. The van der Waals surface area contributed by atoms with Gasteiger partial charge in [-0.3, -0.25) is 14.9 Å². The highest BCUT2D eigenvalue weighted by atomic mass is 19.4. The zero-order valence-electron chi connectivity index (χ0n) is 17.0. The molecule has 0 unspecified atom stereocenters. The molecule has 1 aliphatic rings. The number of hydrogen-bond acceptors (Lipinski definition) is 9. The molecule has 1 fully saturated rings. The summed E-state index contributed by atoms with van der Waals surface area (Å²) in [4.78, 5) is 34.3. The van der Waals surface area contributed by atoms with Crippen LogP contribution in [0.3, 0.4) is 0 Å². The van der Waals surface area contributed by atoms with Crippen LogP contribution < -0.4 is 9.64 Å². The Morgan fingerprint density at radius 3 is 2.55 bits per heavy atom. The van der Waals surface area contributed by atoms with E-state index in [1.165, 1.54) is 24.3 Å². The van der Waals surface area contributed by atoms with Gasteiger partial charge in [-0.25, -0.2) is 9.67 Å². The fraction of sp³-hybridized carbons (Fsp3) is 0.333. The van der Waals surface area contributed by atoms with E-state index in [2.05, 4.69) is 15.1 Å². The Morgan fingerprint density at radius 1 is 1.24 bits per heavy atom. The van der Waals surface area contributed by atoms with Gasteiger partial charge in [-0.15, -0.1) is 0 Å². The monoisotopic (exact) mass is 467 g/mol. The third-order valence-electron chi connectivity index (χ3n) is 4.88. The molecule has 0 aromatic carbocycles. The van der Waals surface area contributed by atoms with Crippen molar-refractivity contribution in [1.29, 1.82) is 0 Å². The van der Waals surface area contributed by atoms with Crippen LogP contribution in [0, 0.1) is 10.1 Å². The highest BCUT2D eigenvalue weighted by Crippen LogP contribution is 2.38. The van der Waals surface area contributed by atoms with E-state index >= 15 is 0 Å². The van der Waals surface area contributed by atoms with Gasteiger partial charge < -0.3 is 19.0 Å².